The van der Waals surface area contributed by atoms with Crippen molar-refractivity contribution in [2.75, 3.05) is 20.3 Å². The molecule has 2 amide bonds. The second kappa shape index (κ2) is 11.1. The number of amides is 2. The van der Waals surface area contributed by atoms with Crippen LogP contribution in [0.15, 0.2) is 30.7 Å². The molecule has 2 saturated carbocycles. The van der Waals surface area contributed by atoms with Crippen molar-refractivity contribution in [2.45, 2.75) is 57.0 Å². The van der Waals surface area contributed by atoms with E-state index in [1.807, 2.05) is 4.90 Å². The van der Waals surface area contributed by atoms with Crippen LogP contribution in [-0.4, -0.2) is 73.6 Å². The number of ether oxygens (including phenoxy) is 2. The minimum atomic E-state index is -0.573. The van der Waals surface area contributed by atoms with Crippen molar-refractivity contribution in [3.8, 4) is 17.1 Å². The molecule has 2 N–H and O–H groups in total. The minimum absolute atomic E-state index is 0.0475. The van der Waals surface area contributed by atoms with Crippen LogP contribution in [0.3, 0.4) is 0 Å². The van der Waals surface area contributed by atoms with Gasteiger partial charge in [0.15, 0.2) is 5.82 Å². The Balaban J connectivity index is 1.08. The maximum Gasteiger partial charge on any atom is 0.309 e. The molecule has 13 heteroatoms. The van der Waals surface area contributed by atoms with Gasteiger partial charge >= 0.3 is 5.97 Å². The van der Waals surface area contributed by atoms with E-state index in [4.69, 9.17) is 9.47 Å². The van der Waals surface area contributed by atoms with E-state index in [0.717, 1.165) is 24.7 Å². The molecule has 3 atom stereocenters. The Bertz CT molecular complexity index is 1520. The molecular weight excluding hydrogens is 545 g/mol. The van der Waals surface area contributed by atoms with E-state index in [9.17, 15) is 18.8 Å². The second-order valence-electron chi connectivity index (χ2n) is 11.1. The number of carbonyl (C=O) groups excluding carboxylic acids is 3. The topological polar surface area (TPSA) is 152 Å². The molecule has 3 aliphatic rings. The summed E-state index contributed by atoms with van der Waals surface area (Å²) in [5.74, 6) is -1.39. The number of H-pyrrole nitrogens is 1. The van der Waals surface area contributed by atoms with Crippen LogP contribution in [0.25, 0.3) is 11.3 Å². The van der Waals surface area contributed by atoms with Gasteiger partial charge in [0.05, 0.1) is 49.5 Å². The summed E-state index contributed by atoms with van der Waals surface area (Å²) in [7, 11) is 1.44. The molecular formula is C29H32FN7O5. The first-order chi connectivity index (χ1) is 20.3. The number of likely N-dealkylation sites (tertiary alicyclic amines) is 1. The van der Waals surface area contributed by atoms with E-state index >= 15 is 0 Å². The number of carbonyl (C=O) groups is 3. The number of methoxy groups -OCH3 is 1. The molecule has 1 saturated heterocycles. The number of esters is 1. The van der Waals surface area contributed by atoms with Gasteiger partial charge in [-0.2, -0.15) is 5.10 Å². The van der Waals surface area contributed by atoms with Crippen LogP contribution in [0, 0.1) is 17.7 Å². The first-order valence-corrected chi connectivity index (χ1v) is 14.1. The van der Waals surface area contributed by atoms with Crippen LogP contribution in [0.4, 0.5) is 4.39 Å². The molecule has 4 heterocycles. The zero-order valence-corrected chi connectivity index (χ0v) is 23.4. The third-order valence-electron chi connectivity index (χ3n) is 8.43. The summed E-state index contributed by atoms with van der Waals surface area (Å²) in [4.78, 5) is 53.4. The van der Waals surface area contributed by atoms with E-state index < -0.39 is 5.82 Å². The van der Waals surface area contributed by atoms with Crippen molar-refractivity contribution in [1.82, 2.24) is 35.4 Å². The standard InChI is InChI=1S/C29H32FN7O5/c1-3-42-28(40)18-10-17(18)25-23(31-7-8-32-25)15-34-26(38)16-4-9-37(29(13-16)5-6-29)27(39)22-12-21(35-36-22)19-11-24(41-2)33-14-20(19)30/h7-8,11-12,14,16-18H,3-6,9-10,13,15H2,1-2H3,(H,34,38)(H,35,36)/t16-,17-,18-/m0/s1. The lowest BCUT2D eigenvalue weighted by Crippen LogP contribution is -2.50. The highest BCUT2D eigenvalue weighted by Crippen LogP contribution is 2.51. The lowest BCUT2D eigenvalue weighted by Gasteiger charge is -2.39. The third kappa shape index (κ3) is 5.30. The molecule has 3 aromatic rings. The summed E-state index contributed by atoms with van der Waals surface area (Å²) in [6, 6.07) is 2.96. The number of rotatable bonds is 9. The van der Waals surface area contributed by atoms with Gasteiger partial charge in [-0.25, -0.2) is 9.37 Å². The zero-order valence-electron chi connectivity index (χ0n) is 23.4. The van der Waals surface area contributed by atoms with Crippen molar-refractivity contribution in [3.05, 3.63) is 53.6 Å². The van der Waals surface area contributed by atoms with Crippen molar-refractivity contribution in [2.24, 2.45) is 11.8 Å². The van der Waals surface area contributed by atoms with Crippen molar-refractivity contribution < 1.29 is 28.2 Å². The highest BCUT2D eigenvalue weighted by molar-refractivity contribution is 5.94. The molecule has 1 spiro atoms. The average Bonchev–Trinajstić information content (AvgIpc) is 3.92. The Hall–Kier alpha value is -4.42. The van der Waals surface area contributed by atoms with Gasteiger partial charge in [0.1, 0.15) is 5.69 Å². The summed E-state index contributed by atoms with van der Waals surface area (Å²) in [6.07, 6.45) is 7.58. The van der Waals surface area contributed by atoms with Gasteiger partial charge in [-0.05, 0) is 45.1 Å². The smallest absolute Gasteiger partial charge is 0.309 e. The largest absolute Gasteiger partial charge is 0.481 e. The Morgan fingerprint density at radius 1 is 1.19 bits per heavy atom. The van der Waals surface area contributed by atoms with Gasteiger partial charge in [0.2, 0.25) is 11.8 Å². The molecule has 42 heavy (non-hydrogen) atoms. The van der Waals surface area contributed by atoms with Gasteiger partial charge in [-0.3, -0.25) is 29.5 Å². The third-order valence-corrected chi connectivity index (χ3v) is 8.43. The molecule has 6 rings (SSSR count). The van der Waals surface area contributed by atoms with Gasteiger partial charge in [-0.15, -0.1) is 0 Å². The van der Waals surface area contributed by atoms with Gasteiger partial charge in [-0.1, -0.05) is 0 Å². The van der Waals surface area contributed by atoms with E-state index in [-0.39, 0.29) is 70.5 Å². The maximum atomic E-state index is 14.4. The monoisotopic (exact) mass is 577 g/mol. The number of hydrogen-bond acceptors (Lipinski definition) is 9. The molecule has 3 aromatic heterocycles. The molecule has 12 nitrogen and oxygen atoms in total. The molecule has 0 aromatic carbocycles. The lowest BCUT2D eigenvalue weighted by atomic mass is 9.88. The van der Waals surface area contributed by atoms with Crippen LogP contribution in [0.2, 0.25) is 0 Å². The van der Waals surface area contributed by atoms with Gasteiger partial charge in [0, 0.05) is 47.9 Å². The zero-order chi connectivity index (χ0) is 29.4. The normalized spacial score (nSPS) is 22.0. The Morgan fingerprint density at radius 2 is 2.00 bits per heavy atom. The van der Waals surface area contributed by atoms with Crippen molar-refractivity contribution in [1.29, 1.82) is 0 Å². The molecule has 2 aliphatic carbocycles. The Morgan fingerprint density at radius 3 is 2.76 bits per heavy atom. The molecule has 0 bridgehead atoms. The summed E-state index contributed by atoms with van der Waals surface area (Å²) in [5, 5.41) is 9.91. The van der Waals surface area contributed by atoms with Crippen LogP contribution in [0.1, 0.15) is 66.8 Å². The summed E-state index contributed by atoms with van der Waals surface area (Å²) < 4.78 is 24.6. The number of piperidine rings is 1. The Labute approximate surface area is 241 Å². The maximum absolute atomic E-state index is 14.4. The molecule has 0 radical (unpaired) electrons. The summed E-state index contributed by atoms with van der Waals surface area (Å²) in [5.41, 5.74) is 1.70. The fourth-order valence-electron chi connectivity index (χ4n) is 5.94. The number of nitrogens with one attached hydrogen (secondary N) is 2. The first-order valence-electron chi connectivity index (χ1n) is 14.1. The second-order valence-corrected chi connectivity index (χ2v) is 11.1. The summed E-state index contributed by atoms with van der Waals surface area (Å²) >= 11 is 0. The fraction of sp³-hybridized carbons (Fsp3) is 0.483. The first kappa shape index (κ1) is 27.7. The van der Waals surface area contributed by atoms with Gasteiger partial charge in [0.25, 0.3) is 5.91 Å². The van der Waals surface area contributed by atoms with Crippen LogP contribution in [-0.2, 0) is 20.9 Å². The van der Waals surface area contributed by atoms with Crippen LogP contribution < -0.4 is 10.1 Å². The minimum Gasteiger partial charge on any atom is -0.481 e. The van der Waals surface area contributed by atoms with Crippen molar-refractivity contribution in [3.63, 3.8) is 0 Å². The van der Waals surface area contributed by atoms with Crippen LogP contribution in [0.5, 0.6) is 5.88 Å². The predicted octanol–water partition coefficient (Wildman–Crippen LogP) is 2.78. The highest BCUT2D eigenvalue weighted by Gasteiger charge is 2.54. The molecule has 1 aliphatic heterocycles. The number of aromatic amines is 1. The Kier molecular flexibility index (Phi) is 7.33. The van der Waals surface area contributed by atoms with Crippen LogP contribution >= 0.6 is 0 Å². The van der Waals surface area contributed by atoms with E-state index in [0.29, 0.717) is 38.1 Å². The highest BCUT2D eigenvalue weighted by atomic mass is 19.1. The number of hydrogen-bond donors (Lipinski definition) is 2. The fourth-order valence-corrected chi connectivity index (χ4v) is 5.94. The molecule has 0 unspecified atom stereocenters. The SMILES string of the molecule is CCOC(=O)[C@H]1C[C@@H]1c1nccnc1CNC(=O)[C@H]1CCN(C(=O)c2cc(-c3cc(OC)ncc3F)n[nH]2)C2(CC2)C1. The predicted molar refractivity (Wildman–Crippen MR) is 145 cm³/mol. The molecule has 3 fully saturated rings. The lowest BCUT2D eigenvalue weighted by molar-refractivity contribution is -0.144. The van der Waals surface area contributed by atoms with E-state index in [2.05, 4.69) is 30.5 Å². The number of nitrogens with zero attached hydrogens (tertiary/aromatic N) is 5. The quantitative estimate of drug-likeness (QED) is 0.366. The summed E-state index contributed by atoms with van der Waals surface area (Å²) in [6.45, 7) is 2.75. The molecule has 220 valence electrons. The number of halogens is 1. The average molecular weight is 578 g/mol. The number of pyridine rings is 1. The van der Waals surface area contributed by atoms with E-state index in [1.54, 1.807) is 19.3 Å². The number of aromatic nitrogens is 5. The van der Waals surface area contributed by atoms with Crippen molar-refractivity contribution >= 4 is 17.8 Å². The van der Waals surface area contributed by atoms with Gasteiger partial charge < -0.3 is 19.7 Å². The van der Waals surface area contributed by atoms with E-state index in [1.165, 1.54) is 19.2 Å².